The summed E-state index contributed by atoms with van der Waals surface area (Å²) in [6, 6.07) is 0. The molecule has 0 unspecified atom stereocenters. The van der Waals surface area contributed by atoms with Gasteiger partial charge in [-0.05, 0) is 33.6 Å². The van der Waals surface area contributed by atoms with E-state index in [-0.39, 0.29) is 28.7 Å². The van der Waals surface area contributed by atoms with Crippen molar-refractivity contribution in [1.82, 2.24) is 10.2 Å². The first-order chi connectivity index (χ1) is 8.50. The van der Waals surface area contributed by atoms with Crippen LogP contribution in [0, 0.1) is 11.3 Å². The van der Waals surface area contributed by atoms with Crippen LogP contribution in [0.1, 0.15) is 54.4 Å². The van der Waals surface area contributed by atoms with Crippen molar-refractivity contribution in [2.75, 3.05) is 13.1 Å². The van der Waals surface area contributed by atoms with Gasteiger partial charge in [0.2, 0.25) is 11.8 Å². The molecule has 19 heavy (non-hydrogen) atoms. The molecule has 1 heterocycles. The Balaban J connectivity index is 2.50. The predicted octanol–water partition coefficient (Wildman–Crippen LogP) is 2.19. The molecule has 1 aliphatic rings. The number of rotatable bonds is 1. The first kappa shape index (κ1) is 16.0. The summed E-state index contributed by atoms with van der Waals surface area (Å²) in [7, 11) is 0. The van der Waals surface area contributed by atoms with Crippen LogP contribution in [0.3, 0.4) is 0 Å². The molecule has 110 valence electrons. The van der Waals surface area contributed by atoms with Gasteiger partial charge in [-0.25, -0.2) is 0 Å². The van der Waals surface area contributed by atoms with E-state index in [1.807, 2.05) is 46.4 Å². The Hall–Kier alpha value is -1.06. The number of nitrogens with zero attached hydrogens (tertiary/aromatic N) is 1. The van der Waals surface area contributed by atoms with Gasteiger partial charge in [0.05, 0.1) is 0 Å². The summed E-state index contributed by atoms with van der Waals surface area (Å²) in [5.74, 6) is 0.348. The predicted molar refractivity (Wildman–Crippen MR) is 76.7 cm³/mol. The average molecular weight is 268 g/mol. The first-order valence-corrected chi connectivity index (χ1v) is 7.12. The molecule has 0 aromatic carbocycles. The van der Waals surface area contributed by atoms with Crippen LogP contribution in [0.4, 0.5) is 0 Å². The molecule has 1 rings (SSSR count). The molecule has 0 aromatic rings. The van der Waals surface area contributed by atoms with Crippen molar-refractivity contribution in [1.29, 1.82) is 0 Å². The van der Waals surface area contributed by atoms with Crippen LogP contribution in [0.5, 0.6) is 0 Å². The average Bonchev–Trinajstić information content (AvgIpc) is 2.24. The number of hydrogen-bond acceptors (Lipinski definition) is 2. The topological polar surface area (TPSA) is 49.4 Å². The van der Waals surface area contributed by atoms with Crippen LogP contribution < -0.4 is 5.32 Å². The summed E-state index contributed by atoms with van der Waals surface area (Å²) < 4.78 is 0. The van der Waals surface area contributed by atoms with E-state index in [2.05, 4.69) is 5.32 Å². The van der Waals surface area contributed by atoms with Crippen molar-refractivity contribution in [3.05, 3.63) is 0 Å². The van der Waals surface area contributed by atoms with E-state index in [0.717, 1.165) is 12.8 Å². The van der Waals surface area contributed by atoms with Gasteiger partial charge in [-0.3, -0.25) is 9.59 Å². The van der Waals surface area contributed by atoms with Crippen LogP contribution in [0.25, 0.3) is 0 Å². The summed E-state index contributed by atoms with van der Waals surface area (Å²) in [4.78, 5) is 26.1. The molecule has 1 aliphatic heterocycles. The van der Waals surface area contributed by atoms with Crippen molar-refractivity contribution >= 4 is 11.8 Å². The van der Waals surface area contributed by atoms with E-state index in [4.69, 9.17) is 0 Å². The van der Waals surface area contributed by atoms with Gasteiger partial charge in [-0.15, -0.1) is 0 Å². The molecular formula is C15H28N2O2. The molecular weight excluding hydrogens is 240 g/mol. The molecule has 0 spiro atoms. The molecule has 0 saturated carbocycles. The maximum Gasteiger partial charge on any atom is 0.227 e. The number of piperidine rings is 1. The summed E-state index contributed by atoms with van der Waals surface area (Å²) >= 11 is 0. The number of carbonyl (C=O) groups is 2. The van der Waals surface area contributed by atoms with Crippen LogP contribution >= 0.6 is 0 Å². The van der Waals surface area contributed by atoms with Crippen molar-refractivity contribution < 1.29 is 9.59 Å². The smallest absolute Gasteiger partial charge is 0.227 e. The van der Waals surface area contributed by atoms with Crippen LogP contribution in [0.2, 0.25) is 0 Å². The van der Waals surface area contributed by atoms with E-state index in [1.165, 1.54) is 0 Å². The zero-order chi connectivity index (χ0) is 14.8. The van der Waals surface area contributed by atoms with Gasteiger partial charge < -0.3 is 10.2 Å². The summed E-state index contributed by atoms with van der Waals surface area (Å²) in [6.45, 7) is 13.2. The lowest BCUT2D eigenvalue weighted by molar-refractivity contribution is -0.142. The van der Waals surface area contributed by atoms with Crippen LogP contribution in [-0.4, -0.2) is 35.3 Å². The Labute approximate surface area is 116 Å². The fourth-order valence-electron chi connectivity index (χ4n) is 2.29. The fourth-order valence-corrected chi connectivity index (χ4v) is 2.29. The second-order valence-corrected chi connectivity index (χ2v) is 7.56. The van der Waals surface area contributed by atoms with E-state index >= 15 is 0 Å². The Bertz CT molecular complexity index is 342. The van der Waals surface area contributed by atoms with Gasteiger partial charge in [0.25, 0.3) is 0 Å². The molecule has 2 amide bonds. The maximum absolute atomic E-state index is 12.2. The van der Waals surface area contributed by atoms with Crippen LogP contribution in [0.15, 0.2) is 0 Å². The minimum absolute atomic E-state index is 0.0447. The number of likely N-dealkylation sites (tertiary alicyclic amines) is 1. The number of nitrogens with one attached hydrogen (secondary N) is 1. The first-order valence-electron chi connectivity index (χ1n) is 7.12. The molecule has 0 atom stereocenters. The standard InChI is InChI=1S/C15H28N2O2/c1-14(2,3)13(19)17-9-7-11(8-10-17)12(18)16-15(4,5)6/h11H,7-10H2,1-6H3,(H,16,18). The van der Waals surface area contributed by atoms with Gasteiger partial charge >= 0.3 is 0 Å². The zero-order valence-corrected chi connectivity index (χ0v) is 13.2. The highest BCUT2D eigenvalue weighted by Crippen LogP contribution is 2.24. The third-order valence-corrected chi connectivity index (χ3v) is 3.29. The minimum atomic E-state index is -0.333. The van der Waals surface area contributed by atoms with Crippen LogP contribution in [-0.2, 0) is 9.59 Å². The Morgan fingerprint density at radius 3 is 1.84 bits per heavy atom. The van der Waals surface area contributed by atoms with Gasteiger partial charge in [0, 0.05) is 30.0 Å². The lowest BCUT2D eigenvalue weighted by Crippen LogP contribution is -2.49. The molecule has 1 saturated heterocycles. The highest BCUT2D eigenvalue weighted by Gasteiger charge is 2.33. The van der Waals surface area contributed by atoms with Crippen molar-refractivity contribution in [3.63, 3.8) is 0 Å². The fraction of sp³-hybridized carbons (Fsp3) is 0.867. The van der Waals surface area contributed by atoms with Gasteiger partial charge in [0.15, 0.2) is 0 Å². The number of carbonyl (C=O) groups excluding carboxylic acids is 2. The SMILES string of the molecule is CC(C)(C)NC(=O)C1CCN(C(=O)C(C)(C)C)CC1. The lowest BCUT2D eigenvalue weighted by atomic mass is 9.90. The second-order valence-electron chi connectivity index (χ2n) is 7.56. The quantitative estimate of drug-likeness (QED) is 0.792. The van der Waals surface area contributed by atoms with E-state index in [9.17, 15) is 9.59 Å². The zero-order valence-electron chi connectivity index (χ0n) is 13.2. The summed E-state index contributed by atoms with van der Waals surface area (Å²) in [5.41, 5.74) is -0.518. The van der Waals surface area contributed by atoms with Crippen molar-refractivity contribution in [3.8, 4) is 0 Å². The Kier molecular flexibility index (Phi) is 4.64. The molecule has 0 aromatic heterocycles. The highest BCUT2D eigenvalue weighted by atomic mass is 16.2. The Morgan fingerprint density at radius 2 is 1.47 bits per heavy atom. The molecule has 1 N–H and O–H groups in total. The summed E-state index contributed by atoms with van der Waals surface area (Å²) in [6.07, 6.45) is 1.54. The largest absolute Gasteiger partial charge is 0.351 e. The molecule has 0 bridgehead atoms. The molecule has 4 heteroatoms. The normalized spacial score (nSPS) is 18.3. The lowest BCUT2D eigenvalue weighted by Gasteiger charge is -2.36. The van der Waals surface area contributed by atoms with Gasteiger partial charge in [-0.2, -0.15) is 0 Å². The van der Waals surface area contributed by atoms with E-state index < -0.39 is 0 Å². The third-order valence-electron chi connectivity index (χ3n) is 3.29. The van der Waals surface area contributed by atoms with Crippen molar-refractivity contribution in [2.24, 2.45) is 11.3 Å². The van der Waals surface area contributed by atoms with Gasteiger partial charge in [0.1, 0.15) is 0 Å². The number of amides is 2. The van der Waals surface area contributed by atoms with Crippen molar-refractivity contribution in [2.45, 2.75) is 59.9 Å². The number of hydrogen-bond donors (Lipinski definition) is 1. The van der Waals surface area contributed by atoms with E-state index in [0.29, 0.717) is 13.1 Å². The summed E-state index contributed by atoms with van der Waals surface area (Å²) in [5, 5.41) is 3.02. The minimum Gasteiger partial charge on any atom is -0.351 e. The second kappa shape index (κ2) is 5.51. The Morgan fingerprint density at radius 1 is 1.00 bits per heavy atom. The molecule has 0 aliphatic carbocycles. The highest BCUT2D eigenvalue weighted by molar-refractivity contribution is 5.83. The van der Waals surface area contributed by atoms with E-state index in [1.54, 1.807) is 0 Å². The van der Waals surface area contributed by atoms with Gasteiger partial charge in [-0.1, -0.05) is 20.8 Å². The third kappa shape index (κ3) is 4.84. The molecule has 0 radical (unpaired) electrons. The maximum atomic E-state index is 12.2. The molecule has 4 nitrogen and oxygen atoms in total. The molecule has 1 fully saturated rings. The monoisotopic (exact) mass is 268 g/mol.